The molecule has 18 heavy (non-hydrogen) atoms. The van der Waals surface area contributed by atoms with Crippen molar-refractivity contribution in [2.75, 3.05) is 0 Å². The Kier molecular flexibility index (Phi) is 4.03. The van der Waals surface area contributed by atoms with Gasteiger partial charge in [-0.15, -0.1) is 5.10 Å². The number of hydrogen-bond donors (Lipinski definition) is 1. The molecule has 0 aromatic carbocycles. The minimum atomic E-state index is -0.0697. The van der Waals surface area contributed by atoms with Crippen LogP contribution in [0.2, 0.25) is 0 Å². The molecule has 0 aliphatic rings. The van der Waals surface area contributed by atoms with Gasteiger partial charge in [-0.25, -0.2) is 4.68 Å². The molecule has 1 atom stereocenters. The lowest BCUT2D eigenvalue weighted by molar-refractivity contribution is 0.370. The number of nitrogens with zero attached hydrogens (tertiary/aromatic N) is 5. The first kappa shape index (κ1) is 12.7. The second-order valence-electron chi connectivity index (χ2n) is 4.21. The average molecular weight is 250 g/mol. The summed E-state index contributed by atoms with van der Waals surface area (Å²) >= 11 is 0. The molecule has 0 spiro atoms. The van der Waals surface area contributed by atoms with Crippen LogP contribution >= 0.6 is 0 Å². The van der Waals surface area contributed by atoms with E-state index >= 15 is 0 Å². The lowest BCUT2D eigenvalue weighted by Gasteiger charge is -2.01. The SMILES string of the molecule is CCCc1nc(Cn2cc(C(N)CC)nn2)no1. The fourth-order valence-electron chi connectivity index (χ4n) is 1.58. The summed E-state index contributed by atoms with van der Waals surface area (Å²) in [5.41, 5.74) is 6.67. The Balaban J connectivity index is 2.01. The minimum absolute atomic E-state index is 0.0697. The van der Waals surface area contributed by atoms with Gasteiger partial charge in [-0.1, -0.05) is 24.2 Å². The average Bonchev–Trinajstić information content (AvgIpc) is 2.99. The van der Waals surface area contributed by atoms with E-state index in [9.17, 15) is 0 Å². The molecule has 0 aliphatic carbocycles. The molecule has 7 heteroatoms. The van der Waals surface area contributed by atoms with Gasteiger partial charge in [0.2, 0.25) is 5.89 Å². The van der Waals surface area contributed by atoms with Crippen molar-refractivity contribution in [2.45, 2.75) is 45.7 Å². The first-order valence-corrected chi connectivity index (χ1v) is 6.20. The summed E-state index contributed by atoms with van der Waals surface area (Å²) in [4.78, 5) is 4.27. The van der Waals surface area contributed by atoms with E-state index in [0.29, 0.717) is 18.3 Å². The van der Waals surface area contributed by atoms with E-state index in [-0.39, 0.29) is 6.04 Å². The first-order valence-electron chi connectivity index (χ1n) is 6.20. The molecular weight excluding hydrogens is 232 g/mol. The van der Waals surface area contributed by atoms with Crippen LogP contribution in [0.15, 0.2) is 10.7 Å². The van der Waals surface area contributed by atoms with E-state index in [2.05, 4.69) is 27.4 Å². The lowest BCUT2D eigenvalue weighted by Crippen LogP contribution is -2.08. The Morgan fingerprint density at radius 1 is 1.44 bits per heavy atom. The largest absolute Gasteiger partial charge is 0.339 e. The third-order valence-corrected chi connectivity index (χ3v) is 2.65. The summed E-state index contributed by atoms with van der Waals surface area (Å²) in [6.07, 6.45) is 4.45. The standard InChI is InChI=1S/C11H18N6O/c1-3-5-11-13-10(15-18-11)7-17-6-9(14-16-17)8(12)4-2/h6,8H,3-5,7,12H2,1-2H3. The van der Waals surface area contributed by atoms with Gasteiger partial charge in [0.15, 0.2) is 5.82 Å². The van der Waals surface area contributed by atoms with E-state index in [4.69, 9.17) is 10.3 Å². The van der Waals surface area contributed by atoms with E-state index in [0.717, 1.165) is 25.0 Å². The molecule has 2 aromatic heterocycles. The molecule has 2 aromatic rings. The normalized spacial score (nSPS) is 12.8. The second kappa shape index (κ2) is 5.72. The van der Waals surface area contributed by atoms with Crippen molar-refractivity contribution in [3.05, 3.63) is 23.6 Å². The number of rotatable bonds is 6. The van der Waals surface area contributed by atoms with Crippen LogP contribution in [0, 0.1) is 0 Å². The number of nitrogens with two attached hydrogens (primary N) is 1. The highest BCUT2D eigenvalue weighted by Gasteiger charge is 2.11. The van der Waals surface area contributed by atoms with Crippen molar-refractivity contribution in [1.29, 1.82) is 0 Å². The summed E-state index contributed by atoms with van der Waals surface area (Å²) in [6.45, 7) is 4.54. The molecular formula is C11H18N6O. The van der Waals surface area contributed by atoms with Crippen LogP contribution in [-0.2, 0) is 13.0 Å². The molecule has 0 amide bonds. The van der Waals surface area contributed by atoms with E-state index in [1.54, 1.807) is 4.68 Å². The molecule has 98 valence electrons. The van der Waals surface area contributed by atoms with Crippen molar-refractivity contribution in [2.24, 2.45) is 5.73 Å². The summed E-state index contributed by atoms with van der Waals surface area (Å²) in [6, 6.07) is -0.0697. The van der Waals surface area contributed by atoms with Gasteiger partial charge in [-0.05, 0) is 12.8 Å². The number of aromatic nitrogens is 5. The van der Waals surface area contributed by atoms with Gasteiger partial charge in [0, 0.05) is 6.42 Å². The smallest absolute Gasteiger partial charge is 0.226 e. The van der Waals surface area contributed by atoms with Crippen molar-refractivity contribution in [3.8, 4) is 0 Å². The zero-order chi connectivity index (χ0) is 13.0. The summed E-state index contributed by atoms with van der Waals surface area (Å²) in [5, 5.41) is 11.9. The molecule has 0 aliphatic heterocycles. The first-order chi connectivity index (χ1) is 8.72. The van der Waals surface area contributed by atoms with E-state index < -0.39 is 0 Å². The molecule has 2 heterocycles. The Morgan fingerprint density at radius 3 is 3.00 bits per heavy atom. The maximum atomic E-state index is 5.88. The Bertz CT molecular complexity index is 491. The molecule has 0 fully saturated rings. The van der Waals surface area contributed by atoms with Gasteiger partial charge in [-0.3, -0.25) is 0 Å². The molecule has 2 N–H and O–H groups in total. The maximum absolute atomic E-state index is 5.88. The minimum Gasteiger partial charge on any atom is -0.339 e. The van der Waals surface area contributed by atoms with E-state index in [1.807, 2.05) is 13.1 Å². The van der Waals surface area contributed by atoms with Crippen LogP contribution in [0.5, 0.6) is 0 Å². The maximum Gasteiger partial charge on any atom is 0.226 e. The monoisotopic (exact) mass is 250 g/mol. The van der Waals surface area contributed by atoms with Crippen LogP contribution in [-0.4, -0.2) is 25.1 Å². The van der Waals surface area contributed by atoms with Crippen LogP contribution in [0.3, 0.4) is 0 Å². The van der Waals surface area contributed by atoms with Crippen LogP contribution < -0.4 is 5.73 Å². The third-order valence-electron chi connectivity index (χ3n) is 2.65. The van der Waals surface area contributed by atoms with Gasteiger partial charge >= 0.3 is 0 Å². The van der Waals surface area contributed by atoms with Crippen LogP contribution in [0.25, 0.3) is 0 Å². The van der Waals surface area contributed by atoms with Crippen LogP contribution in [0.4, 0.5) is 0 Å². The highest BCUT2D eigenvalue weighted by atomic mass is 16.5. The molecule has 0 bridgehead atoms. The number of aryl methyl sites for hydroxylation is 1. The molecule has 1 unspecified atom stereocenters. The van der Waals surface area contributed by atoms with Crippen molar-refractivity contribution in [3.63, 3.8) is 0 Å². The van der Waals surface area contributed by atoms with Crippen molar-refractivity contribution in [1.82, 2.24) is 25.1 Å². The highest BCUT2D eigenvalue weighted by molar-refractivity contribution is 5.00. The molecule has 0 radical (unpaired) electrons. The van der Waals surface area contributed by atoms with Gasteiger partial charge in [0.05, 0.1) is 17.9 Å². The summed E-state index contributed by atoms with van der Waals surface area (Å²) in [7, 11) is 0. The highest BCUT2D eigenvalue weighted by Crippen LogP contribution is 2.09. The van der Waals surface area contributed by atoms with Gasteiger partial charge in [-0.2, -0.15) is 4.98 Å². The Morgan fingerprint density at radius 2 is 2.28 bits per heavy atom. The molecule has 0 saturated carbocycles. The van der Waals surface area contributed by atoms with Gasteiger partial charge < -0.3 is 10.3 Å². The summed E-state index contributed by atoms with van der Waals surface area (Å²) in [5.74, 6) is 1.28. The molecule has 0 saturated heterocycles. The fourth-order valence-corrected chi connectivity index (χ4v) is 1.58. The predicted molar refractivity (Wildman–Crippen MR) is 64.6 cm³/mol. The lowest BCUT2D eigenvalue weighted by atomic mass is 10.2. The van der Waals surface area contributed by atoms with Crippen molar-refractivity contribution >= 4 is 0 Å². The predicted octanol–water partition coefficient (Wildman–Crippen LogP) is 1.07. The topological polar surface area (TPSA) is 95.7 Å². The van der Waals surface area contributed by atoms with Crippen molar-refractivity contribution < 1.29 is 4.52 Å². The second-order valence-corrected chi connectivity index (χ2v) is 4.21. The van der Waals surface area contributed by atoms with Gasteiger partial charge in [0.25, 0.3) is 0 Å². The zero-order valence-electron chi connectivity index (χ0n) is 10.7. The molecule has 2 rings (SSSR count). The van der Waals surface area contributed by atoms with Gasteiger partial charge in [0.1, 0.15) is 6.54 Å². The van der Waals surface area contributed by atoms with E-state index in [1.165, 1.54) is 0 Å². The zero-order valence-corrected chi connectivity index (χ0v) is 10.7. The van der Waals surface area contributed by atoms with Crippen LogP contribution in [0.1, 0.15) is 50.1 Å². The Labute approximate surface area is 105 Å². The fraction of sp³-hybridized carbons (Fsp3) is 0.636. The number of hydrogen-bond acceptors (Lipinski definition) is 6. The quantitative estimate of drug-likeness (QED) is 0.823. The molecule has 7 nitrogen and oxygen atoms in total. The summed E-state index contributed by atoms with van der Waals surface area (Å²) < 4.78 is 6.78. The Hall–Kier alpha value is -1.76. The third kappa shape index (κ3) is 2.92.